The molecule has 106 valence electrons. The maximum Gasteiger partial charge on any atom is 0.277 e. The molecule has 19 heavy (non-hydrogen) atoms. The third-order valence-corrected chi connectivity index (χ3v) is 3.19. The molecule has 1 aromatic carbocycles. The lowest BCUT2D eigenvalue weighted by molar-refractivity contribution is -0.127. The Kier molecular flexibility index (Phi) is 4.63. The Morgan fingerprint density at radius 2 is 1.89 bits per heavy atom. The van der Waals surface area contributed by atoms with E-state index in [2.05, 4.69) is 5.32 Å². The van der Waals surface area contributed by atoms with Crippen LogP contribution in [0.15, 0.2) is 24.3 Å². The van der Waals surface area contributed by atoms with Gasteiger partial charge in [-0.3, -0.25) is 4.79 Å². The molecule has 0 aliphatic carbocycles. The molecule has 0 aliphatic rings. The number of halogens is 2. The maximum atomic E-state index is 13.0. The molecule has 0 fully saturated rings. The Morgan fingerprint density at radius 1 is 1.32 bits per heavy atom. The Labute approximate surface area is 112 Å². The molecule has 0 spiro atoms. The van der Waals surface area contributed by atoms with Crippen molar-refractivity contribution in [1.82, 2.24) is 5.32 Å². The van der Waals surface area contributed by atoms with Gasteiger partial charge in [-0.1, -0.05) is 24.3 Å². The van der Waals surface area contributed by atoms with Crippen LogP contribution in [0.5, 0.6) is 0 Å². The first-order valence-corrected chi connectivity index (χ1v) is 6.13. The fourth-order valence-electron chi connectivity index (χ4n) is 1.90. The van der Waals surface area contributed by atoms with Crippen LogP contribution in [0.4, 0.5) is 8.78 Å². The largest absolute Gasteiger partial charge is 0.349 e. The molecule has 0 saturated carbocycles. The number of nitrogens with one attached hydrogen (secondary N) is 1. The van der Waals surface area contributed by atoms with Crippen LogP contribution in [0.3, 0.4) is 0 Å². The van der Waals surface area contributed by atoms with Crippen molar-refractivity contribution >= 4 is 5.91 Å². The lowest BCUT2D eigenvalue weighted by Crippen LogP contribution is -2.47. The monoisotopic (exact) mass is 270 g/mol. The lowest BCUT2D eigenvalue weighted by Gasteiger charge is -2.27. The Hall–Kier alpha value is -1.49. The maximum absolute atomic E-state index is 13.0. The van der Waals surface area contributed by atoms with E-state index in [1.165, 1.54) is 0 Å². The van der Waals surface area contributed by atoms with E-state index in [4.69, 9.17) is 5.73 Å². The van der Waals surface area contributed by atoms with Crippen molar-refractivity contribution in [3.8, 4) is 0 Å². The Balaban J connectivity index is 2.84. The number of rotatable bonds is 5. The second kappa shape index (κ2) is 5.65. The van der Waals surface area contributed by atoms with Gasteiger partial charge in [0.25, 0.3) is 5.92 Å². The van der Waals surface area contributed by atoms with E-state index >= 15 is 0 Å². The van der Waals surface area contributed by atoms with Crippen LogP contribution in [-0.2, 0) is 10.2 Å². The molecule has 0 bridgehead atoms. The predicted molar refractivity (Wildman–Crippen MR) is 71.2 cm³/mol. The van der Waals surface area contributed by atoms with Crippen LogP contribution in [0.2, 0.25) is 0 Å². The molecular formula is C14H20F2N2O. The number of hydrogen-bond acceptors (Lipinski definition) is 2. The summed E-state index contributed by atoms with van der Waals surface area (Å²) < 4.78 is 26.1. The van der Waals surface area contributed by atoms with Crippen LogP contribution in [0, 0.1) is 6.92 Å². The van der Waals surface area contributed by atoms with Crippen molar-refractivity contribution in [2.45, 2.75) is 32.1 Å². The van der Waals surface area contributed by atoms with E-state index in [9.17, 15) is 13.6 Å². The van der Waals surface area contributed by atoms with Crippen LogP contribution in [0.1, 0.15) is 25.0 Å². The summed E-state index contributed by atoms with van der Waals surface area (Å²) in [5.41, 5.74) is 5.85. The smallest absolute Gasteiger partial charge is 0.277 e. The summed E-state index contributed by atoms with van der Waals surface area (Å²) in [7, 11) is 0. The average Bonchev–Trinajstić information content (AvgIpc) is 2.36. The number of carbonyl (C=O) groups excluding carboxylic acids is 1. The summed E-state index contributed by atoms with van der Waals surface area (Å²) in [6.07, 6.45) is 0. The van der Waals surface area contributed by atoms with Crippen molar-refractivity contribution < 1.29 is 13.6 Å². The van der Waals surface area contributed by atoms with E-state index in [0.29, 0.717) is 0 Å². The van der Waals surface area contributed by atoms with Gasteiger partial charge in [-0.2, -0.15) is 0 Å². The topological polar surface area (TPSA) is 55.1 Å². The number of amides is 1. The predicted octanol–water partition coefficient (Wildman–Crippen LogP) is 1.98. The molecule has 5 heteroatoms. The molecule has 0 radical (unpaired) electrons. The standard InChI is InChI=1S/C14H20F2N2O/c1-10-6-4-5-7-11(10)13(2,3)12(19)18-9-14(15,16)8-17/h4-7H,8-9,17H2,1-3H3,(H,18,19). The normalized spacial score (nSPS) is 12.3. The zero-order chi connectivity index (χ0) is 14.7. The average molecular weight is 270 g/mol. The molecule has 0 aliphatic heterocycles. The first-order valence-electron chi connectivity index (χ1n) is 6.13. The fraction of sp³-hybridized carbons (Fsp3) is 0.500. The first kappa shape index (κ1) is 15.6. The van der Waals surface area contributed by atoms with Crippen LogP contribution in [-0.4, -0.2) is 24.9 Å². The van der Waals surface area contributed by atoms with Gasteiger partial charge in [-0.25, -0.2) is 8.78 Å². The Bertz CT molecular complexity index is 459. The van der Waals surface area contributed by atoms with Crippen LogP contribution in [0.25, 0.3) is 0 Å². The van der Waals surface area contributed by atoms with Crippen LogP contribution >= 0.6 is 0 Å². The molecule has 0 heterocycles. The molecule has 0 atom stereocenters. The minimum absolute atomic E-state index is 0.435. The van der Waals surface area contributed by atoms with Gasteiger partial charge in [0.1, 0.15) is 0 Å². The second-order valence-electron chi connectivity index (χ2n) is 5.18. The molecule has 3 nitrogen and oxygen atoms in total. The third kappa shape index (κ3) is 3.73. The number of carbonyl (C=O) groups is 1. The molecule has 3 N–H and O–H groups in total. The van der Waals surface area contributed by atoms with Gasteiger partial charge in [0.05, 0.1) is 18.5 Å². The highest BCUT2D eigenvalue weighted by Gasteiger charge is 2.34. The molecule has 0 saturated heterocycles. The summed E-state index contributed by atoms with van der Waals surface area (Å²) in [5.74, 6) is -3.51. The summed E-state index contributed by atoms with van der Waals surface area (Å²) in [4.78, 5) is 12.1. The summed E-state index contributed by atoms with van der Waals surface area (Å²) in [5, 5.41) is 2.27. The van der Waals surface area contributed by atoms with E-state index in [-0.39, 0.29) is 0 Å². The first-order chi connectivity index (χ1) is 8.70. The minimum Gasteiger partial charge on any atom is -0.349 e. The highest BCUT2D eigenvalue weighted by molar-refractivity contribution is 5.87. The van der Waals surface area contributed by atoms with E-state index in [0.717, 1.165) is 11.1 Å². The van der Waals surface area contributed by atoms with Crippen molar-refractivity contribution in [2.75, 3.05) is 13.1 Å². The number of hydrogen-bond donors (Lipinski definition) is 2. The van der Waals surface area contributed by atoms with Gasteiger partial charge >= 0.3 is 0 Å². The molecule has 0 aromatic heterocycles. The van der Waals surface area contributed by atoms with Crippen LogP contribution < -0.4 is 11.1 Å². The quantitative estimate of drug-likeness (QED) is 0.859. The van der Waals surface area contributed by atoms with Gasteiger partial charge in [-0.05, 0) is 31.9 Å². The second-order valence-corrected chi connectivity index (χ2v) is 5.18. The van der Waals surface area contributed by atoms with Gasteiger partial charge in [0.15, 0.2) is 0 Å². The van der Waals surface area contributed by atoms with Crippen molar-refractivity contribution in [1.29, 1.82) is 0 Å². The van der Waals surface area contributed by atoms with Gasteiger partial charge in [-0.15, -0.1) is 0 Å². The highest BCUT2D eigenvalue weighted by atomic mass is 19.3. The van der Waals surface area contributed by atoms with Gasteiger partial charge in [0.2, 0.25) is 5.91 Å². The van der Waals surface area contributed by atoms with E-state index in [1.807, 2.05) is 31.2 Å². The molecule has 1 rings (SSSR count). The summed E-state index contributed by atoms with van der Waals surface area (Å²) in [6, 6.07) is 7.41. The number of benzene rings is 1. The number of alkyl halides is 2. The third-order valence-electron chi connectivity index (χ3n) is 3.19. The summed E-state index contributed by atoms with van der Waals surface area (Å²) in [6.45, 7) is 3.80. The molecule has 1 aromatic rings. The minimum atomic E-state index is -3.07. The van der Waals surface area contributed by atoms with E-state index in [1.54, 1.807) is 13.8 Å². The fourth-order valence-corrected chi connectivity index (χ4v) is 1.90. The van der Waals surface area contributed by atoms with Crippen molar-refractivity contribution in [3.63, 3.8) is 0 Å². The van der Waals surface area contributed by atoms with Crippen molar-refractivity contribution in [3.05, 3.63) is 35.4 Å². The van der Waals surface area contributed by atoms with Gasteiger partial charge in [0, 0.05) is 0 Å². The lowest BCUT2D eigenvalue weighted by atomic mass is 9.81. The Morgan fingerprint density at radius 3 is 2.42 bits per heavy atom. The molecule has 0 unspecified atom stereocenters. The van der Waals surface area contributed by atoms with Gasteiger partial charge < -0.3 is 11.1 Å². The zero-order valence-electron chi connectivity index (χ0n) is 11.5. The summed E-state index contributed by atoms with van der Waals surface area (Å²) >= 11 is 0. The van der Waals surface area contributed by atoms with Crippen molar-refractivity contribution in [2.24, 2.45) is 5.73 Å². The molecule has 1 amide bonds. The number of aryl methyl sites for hydroxylation is 1. The zero-order valence-corrected chi connectivity index (χ0v) is 11.5. The SMILES string of the molecule is Cc1ccccc1C(C)(C)C(=O)NCC(F)(F)CN. The molecular weight excluding hydrogens is 250 g/mol. The van der Waals surface area contributed by atoms with E-state index < -0.39 is 30.3 Å². The number of nitrogens with two attached hydrogens (primary N) is 1. The highest BCUT2D eigenvalue weighted by Crippen LogP contribution is 2.26.